The molecule has 1 fully saturated rings. The Labute approximate surface area is 158 Å². The van der Waals surface area contributed by atoms with E-state index in [1.807, 2.05) is 45.0 Å². The van der Waals surface area contributed by atoms with E-state index in [0.29, 0.717) is 25.2 Å². The minimum absolute atomic E-state index is 0.0106. The Kier molecular flexibility index (Phi) is 5.71. The molecule has 5 nitrogen and oxygen atoms in total. The van der Waals surface area contributed by atoms with E-state index in [0.717, 1.165) is 34.0 Å². The lowest BCUT2D eigenvalue weighted by Gasteiger charge is -2.32. The fraction of sp³-hybridized carbons (Fsp3) is 0.450. The quantitative estimate of drug-likeness (QED) is 0.897. The van der Waals surface area contributed by atoms with Crippen molar-refractivity contribution in [3.8, 4) is 0 Å². The molecule has 6 heteroatoms. The summed E-state index contributed by atoms with van der Waals surface area (Å²) in [5.74, 6) is -0.110. The number of rotatable bonds is 4. The molecule has 1 aliphatic heterocycles. The highest BCUT2D eigenvalue weighted by atomic mass is 32.1. The third-order valence-corrected chi connectivity index (χ3v) is 5.87. The summed E-state index contributed by atoms with van der Waals surface area (Å²) in [6, 6.07) is 7.61. The van der Waals surface area contributed by atoms with Crippen molar-refractivity contribution in [2.24, 2.45) is 5.92 Å². The normalized spacial score (nSPS) is 17.2. The highest BCUT2D eigenvalue weighted by Gasteiger charge is 2.28. The number of thiazole rings is 1. The maximum atomic E-state index is 12.7. The topological polar surface area (TPSA) is 62.3 Å². The molecule has 1 N–H and O–H groups in total. The van der Waals surface area contributed by atoms with Gasteiger partial charge in [0.05, 0.1) is 23.2 Å². The smallest absolute Gasteiger partial charge is 0.253 e. The average Bonchev–Trinajstić information content (AvgIpc) is 2.97. The Morgan fingerprint density at radius 2 is 1.96 bits per heavy atom. The maximum absolute atomic E-state index is 12.7. The number of aromatic nitrogens is 1. The van der Waals surface area contributed by atoms with Gasteiger partial charge in [0.2, 0.25) is 5.91 Å². The number of nitrogens with one attached hydrogen (secondary N) is 1. The Hall–Kier alpha value is -2.21. The van der Waals surface area contributed by atoms with Crippen molar-refractivity contribution in [2.45, 2.75) is 40.2 Å². The number of aryl methyl sites for hydroxylation is 3. The van der Waals surface area contributed by atoms with Crippen LogP contribution in [0.3, 0.4) is 0 Å². The standard InChI is InChI=1S/C20H25N3O2S/c1-13-6-8-16(9-7-13)20(25)23-10-4-5-17(12-23)19(24)21-11-18-14(2)22-15(3)26-18/h6-9,17H,4-5,10-12H2,1-3H3,(H,21,24). The lowest BCUT2D eigenvalue weighted by atomic mass is 9.96. The molecule has 2 aromatic rings. The van der Waals surface area contributed by atoms with Crippen LogP contribution < -0.4 is 5.32 Å². The first-order chi connectivity index (χ1) is 12.4. The third-order valence-electron chi connectivity index (χ3n) is 4.80. The molecule has 138 valence electrons. The van der Waals surface area contributed by atoms with Crippen molar-refractivity contribution in [3.63, 3.8) is 0 Å². The highest BCUT2D eigenvalue weighted by molar-refractivity contribution is 7.11. The van der Waals surface area contributed by atoms with Crippen LogP contribution in [0.4, 0.5) is 0 Å². The van der Waals surface area contributed by atoms with Gasteiger partial charge < -0.3 is 10.2 Å². The molecule has 0 spiro atoms. The van der Waals surface area contributed by atoms with Crippen LogP contribution in [0.15, 0.2) is 24.3 Å². The molecule has 1 saturated heterocycles. The zero-order valence-corrected chi connectivity index (χ0v) is 16.4. The molecule has 1 aromatic carbocycles. The van der Waals surface area contributed by atoms with E-state index in [4.69, 9.17) is 0 Å². The van der Waals surface area contributed by atoms with Gasteiger partial charge in [0, 0.05) is 23.5 Å². The molecule has 2 heterocycles. The Balaban J connectivity index is 1.58. The SMILES string of the molecule is Cc1ccc(C(=O)N2CCCC(C(=O)NCc3sc(C)nc3C)C2)cc1. The van der Waals surface area contributed by atoms with Crippen LogP contribution >= 0.6 is 11.3 Å². The van der Waals surface area contributed by atoms with E-state index in [9.17, 15) is 9.59 Å². The van der Waals surface area contributed by atoms with Gasteiger partial charge in [-0.3, -0.25) is 9.59 Å². The molecule has 26 heavy (non-hydrogen) atoms. The number of carbonyl (C=O) groups excluding carboxylic acids is 2. The van der Waals surface area contributed by atoms with Crippen molar-refractivity contribution in [3.05, 3.63) is 51.0 Å². The first-order valence-electron chi connectivity index (χ1n) is 9.00. The third kappa shape index (κ3) is 4.30. The number of nitrogens with zero attached hydrogens (tertiary/aromatic N) is 2. The number of piperidine rings is 1. The summed E-state index contributed by atoms with van der Waals surface area (Å²) in [5, 5.41) is 4.04. The van der Waals surface area contributed by atoms with E-state index in [2.05, 4.69) is 10.3 Å². The second-order valence-corrected chi connectivity index (χ2v) is 8.20. The van der Waals surface area contributed by atoms with Crippen molar-refractivity contribution < 1.29 is 9.59 Å². The van der Waals surface area contributed by atoms with Crippen LogP contribution in [0.25, 0.3) is 0 Å². The first-order valence-corrected chi connectivity index (χ1v) is 9.82. The zero-order chi connectivity index (χ0) is 18.7. The largest absolute Gasteiger partial charge is 0.351 e. The van der Waals surface area contributed by atoms with Crippen molar-refractivity contribution >= 4 is 23.2 Å². The van der Waals surface area contributed by atoms with Crippen LogP contribution in [-0.2, 0) is 11.3 Å². The maximum Gasteiger partial charge on any atom is 0.253 e. The van der Waals surface area contributed by atoms with Crippen LogP contribution in [-0.4, -0.2) is 34.8 Å². The lowest BCUT2D eigenvalue weighted by Crippen LogP contribution is -2.45. The Bertz CT molecular complexity index is 798. The van der Waals surface area contributed by atoms with Crippen molar-refractivity contribution in [1.82, 2.24) is 15.2 Å². The summed E-state index contributed by atoms with van der Waals surface area (Å²) in [4.78, 5) is 32.6. The number of carbonyl (C=O) groups is 2. The van der Waals surface area contributed by atoms with Crippen LogP contribution in [0.5, 0.6) is 0 Å². The fourth-order valence-electron chi connectivity index (χ4n) is 3.30. The molecular weight excluding hydrogens is 346 g/mol. The molecule has 0 bridgehead atoms. The van der Waals surface area contributed by atoms with E-state index in [-0.39, 0.29) is 17.7 Å². The van der Waals surface area contributed by atoms with E-state index < -0.39 is 0 Å². The number of likely N-dealkylation sites (tertiary alicyclic amines) is 1. The minimum atomic E-state index is -0.146. The van der Waals surface area contributed by atoms with Gasteiger partial charge in [-0.25, -0.2) is 4.98 Å². The molecular formula is C20H25N3O2S. The summed E-state index contributed by atoms with van der Waals surface area (Å²) in [6.45, 7) is 7.65. The van der Waals surface area contributed by atoms with Crippen molar-refractivity contribution in [2.75, 3.05) is 13.1 Å². The monoisotopic (exact) mass is 371 g/mol. The highest BCUT2D eigenvalue weighted by Crippen LogP contribution is 2.21. The predicted octanol–water partition coefficient (Wildman–Crippen LogP) is 3.24. The molecule has 0 aliphatic carbocycles. The molecule has 1 unspecified atom stereocenters. The number of hydrogen-bond acceptors (Lipinski definition) is 4. The molecule has 0 saturated carbocycles. The number of benzene rings is 1. The summed E-state index contributed by atoms with van der Waals surface area (Å²) in [7, 11) is 0. The van der Waals surface area contributed by atoms with Gasteiger partial charge in [-0.15, -0.1) is 11.3 Å². The van der Waals surface area contributed by atoms with Gasteiger partial charge in [0.25, 0.3) is 5.91 Å². The number of amides is 2. The van der Waals surface area contributed by atoms with E-state index >= 15 is 0 Å². The molecule has 2 amide bonds. The van der Waals surface area contributed by atoms with Gasteiger partial charge in [-0.05, 0) is 45.7 Å². The molecule has 0 radical (unpaired) electrons. The van der Waals surface area contributed by atoms with Crippen LogP contribution in [0.2, 0.25) is 0 Å². The fourth-order valence-corrected chi connectivity index (χ4v) is 4.18. The van der Waals surface area contributed by atoms with Crippen molar-refractivity contribution in [1.29, 1.82) is 0 Å². The minimum Gasteiger partial charge on any atom is -0.351 e. The zero-order valence-electron chi connectivity index (χ0n) is 15.5. The molecule has 1 aromatic heterocycles. The molecule has 1 aliphatic rings. The van der Waals surface area contributed by atoms with E-state index in [1.165, 1.54) is 0 Å². The lowest BCUT2D eigenvalue weighted by molar-refractivity contribution is -0.126. The van der Waals surface area contributed by atoms with Crippen LogP contribution in [0.1, 0.15) is 44.3 Å². The van der Waals surface area contributed by atoms with Crippen LogP contribution in [0, 0.1) is 26.7 Å². The summed E-state index contributed by atoms with van der Waals surface area (Å²) in [6.07, 6.45) is 1.68. The second-order valence-electron chi connectivity index (χ2n) is 6.92. The van der Waals surface area contributed by atoms with Gasteiger partial charge in [0.1, 0.15) is 0 Å². The Morgan fingerprint density at radius 1 is 1.23 bits per heavy atom. The molecule has 3 rings (SSSR count). The molecule has 1 atom stereocenters. The van der Waals surface area contributed by atoms with Gasteiger partial charge in [-0.1, -0.05) is 17.7 Å². The summed E-state index contributed by atoms with van der Waals surface area (Å²) >= 11 is 1.62. The predicted molar refractivity (Wildman–Crippen MR) is 103 cm³/mol. The van der Waals surface area contributed by atoms with Gasteiger partial charge >= 0.3 is 0 Å². The van der Waals surface area contributed by atoms with E-state index in [1.54, 1.807) is 16.2 Å². The second kappa shape index (κ2) is 7.99. The summed E-state index contributed by atoms with van der Waals surface area (Å²) in [5.41, 5.74) is 2.80. The Morgan fingerprint density at radius 3 is 2.62 bits per heavy atom. The van der Waals surface area contributed by atoms with Gasteiger partial charge in [-0.2, -0.15) is 0 Å². The summed E-state index contributed by atoms with van der Waals surface area (Å²) < 4.78 is 0. The number of hydrogen-bond donors (Lipinski definition) is 1. The van der Waals surface area contributed by atoms with Gasteiger partial charge in [0.15, 0.2) is 0 Å². The first kappa shape index (κ1) is 18.6. The average molecular weight is 372 g/mol.